The highest BCUT2D eigenvalue weighted by molar-refractivity contribution is 5.97. The summed E-state index contributed by atoms with van der Waals surface area (Å²) in [5, 5.41) is 4.26. The normalized spacial score (nSPS) is 11.1. The second-order valence-corrected chi connectivity index (χ2v) is 4.91. The number of hydrogen-bond donors (Lipinski definition) is 2. The molecule has 0 saturated carbocycles. The monoisotopic (exact) mass is 354 g/mol. The lowest BCUT2D eigenvalue weighted by atomic mass is 10.1. The third kappa shape index (κ3) is 5.55. The van der Waals surface area contributed by atoms with E-state index in [-0.39, 0.29) is 6.42 Å². The molecule has 9 heteroatoms. The van der Waals surface area contributed by atoms with Crippen molar-refractivity contribution in [3.63, 3.8) is 0 Å². The van der Waals surface area contributed by atoms with Crippen LogP contribution in [0.2, 0.25) is 0 Å². The number of rotatable bonds is 7. The van der Waals surface area contributed by atoms with Gasteiger partial charge in [-0.05, 0) is 24.6 Å². The molecular formula is C16H22N2O7. The molecular weight excluding hydrogens is 332 g/mol. The van der Waals surface area contributed by atoms with E-state index in [1.54, 1.807) is 12.1 Å². The highest BCUT2D eigenvalue weighted by Gasteiger charge is 2.21. The fraction of sp³-hybridized carbons (Fsp3) is 0.438. The first kappa shape index (κ1) is 20.1. The van der Waals surface area contributed by atoms with E-state index in [4.69, 9.17) is 18.9 Å². The standard InChI is InChI=1S/C16H22N2O7/c1-9(15(20)18-16(21)17-2)25-13(19)8-10-6-11(22-3)14(24-5)12(7-10)23-4/h6-7,9H,8H2,1-5H3,(H2,17,18,20,21)/t9-/m0/s1. The maximum atomic E-state index is 12.0. The van der Waals surface area contributed by atoms with Crippen LogP contribution in [0.3, 0.4) is 0 Å². The number of amides is 3. The molecule has 2 N–H and O–H groups in total. The summed E-state index contributed by atoms with van der Waals surface area (Å²) in [7, 11) is 5.76. The van der Waals surface area contributed by atoms with Gasteiger partial charge in [0.05, 0.1) is 27.8 Å². The molecule has 0 fully saturated rings. The molecule has 1 aromatic carbocycles. The number of ether oxygens (including phenoxy) is 4. The van der Waals surface area contributed by atoms with Gasteiger partial charge in [-0.3, -0.25) is 14.9 Å². The predicted octanol–water partition coefficient (Wildman–Crippen LogP) is 0.642. The van der Waals surface area contributed by atoms with Crippen LogP contribution in [0.1, 0.15) is 12.5 Å². The van der Waals surface area contributed by atoms with E-state index in [9.17, 15) is 14.4 Å². The number of methoxy groups -OCH3 is 3. The maximum Gasteiger partial charge on any atom is 0.321 e. The Morgan fingerprint density at radius 1 is 1.04 bits per heavy atom. The van der Waals surface area contributed by atoms with E-state index in [2.05, 4.69) is 5.32 Å². The maximum absolute atomic E-state index is 12.0. The van der Waals surface area contributed by atoms with Crippen molar-refractivity contribution in [1.29, 1.82) is 0 Å². The molecule has 0 aliphatic carbocycles. The molecule has 138 valence electrons. The highest BCUT2D eigenvalue weighted by atomic mass is 16.5. The molecule has 25 heavy (non-hydrogen) atoms. The Morgan fingerprint density at radius 2 is 1.60 bits per heavy atom. The first-order valence-electron chi connectivity index (χ1n) is 7.37. The van der Waals surface area contributed by atoms with Crippen molar-refractivity contribution in [2.24, 2.45) is 0 Å². The van der Waals surface area contributed by atoms with Gasteiger partial charge in [-0.15, -0.1) is 0 Å². The fourth-order valence-corrected chi connectivity index (χ4v) is 1.97. The van der Waals surface area contributed by atoms with Crippen molar-refractivity contribution in [2.45, 2.75) is 19.4 Å². The number of urea groups is 1. The van der Waals surface area contributed by atoms with Gasteiger partial charge in [0.1, 0.15) is 0 Å². The molecule has 0 aliphatic heterocycles. The molecule has 0 radical (unpaired) electrons. The first-order chi connectivity index (χ1) is 11.9. The van der Waals surface area contributed by atoms with Crippen LogP contribution in [0.15, 0.2) is 12.1 Å². The number of imide groups is 1. The number of esters is 1. The number of benzene rings is 1. The smallest absolute Gasteiger partial charge is 0.321 e. The Hall–Kier alpha value is -2.97. The number of hydrogen-bond acceptors (Lipinski definition) is 7. The number of nitrogens with one attached hydrogen (secondary N) is 2. The van der Waals surface area contributed by atoms with Crippen molar-refractivity contribution < 1.29 is 33.3 Å². The third-order valence-corrected chi connectivity index (χ3v) is 3.21. The van der Waals surface area contributed by atoms with Gasteiger partial charge >= 0.3 is 12.0 Å². The van der Waals surface area contributed by atoms with Crippen LogP contribution in [0.25, 0.3) is 0 Å². The Bertz CT molecular complexity index is 620. The zero-order chi connectivity index (χ0) is 19.0. The Balaban J connectivity index is 2.80. The van der Waals surface area contributed by atoms with Gasteiger partial charge in [0.25, 0.3) is 5.91 Å². The van der Waals surface area contributed by atoms with Crippen LogP contribution in [-0.2, 0) is 20.7 Å². The Morgan fingerprint density at radius 3 is 2.04 bits per heavy atom. The Kier molecular flexibility index (Phi) is 7.51. The topological polar surface area (TPSA) is 112 Å². The minimum atomic E-state index is -1.12. The zero-order valence-electron chi connectivity index (χ0n) is 14.8. The molecule has 0 spiro atoms. The Labute approximate surface area is 145 Å². The minimum absolute atomic E-state index is 0.117. The third-order valence-electron chi connectivity index (χ3n) is 3.21. The summed E-state index contributed by atoms with van der Waals surface area (Å²) < 4.78 is 20.6. The molecule has 0 aromatic heterocycles. The van der Waals surface area contributed by atoms with Gasteiger partial charge in [0.15, 0.2) is 17.6 Å². The zero-order valence-corrected chi connectivity index (χ0v) is 14.8. The van der Waals surface area contributed by atoms with Gasteiger partial charge in [-0.2, -0.15) is 0 Å². The summed E-state index contributed by atoms with van der Waals surface area (Å²) in [5.74, 6) is -0.169. The number of carbonyl (C=O) groups is 3. The van der Waals surface area contributed by atoms with Crippen molar-refractivity contribution in [3.8, 4) is 17.2 Å². The fourth-order valence-electron chi connectivity index (χ4n) is 1.97. The lowest BCUT2D eigenvalue weighted by Gasteiger charge is -2.15. The van der Waals surface area contributed by atoms with Crippen LogP contribution < -0.4 is 24.8 Å². The summed E-state index contributed by atoms with van der Waals surface area (Å²) >= 11 is 0. The first-order valence-corrected chi connectivity index (χ1v) is 7.37. The van der Waals surface area contributed by atoms with Gasteiger partial charge in [0.2, 0.25) is 5.75 Å². The van der Waals surface area contributed by atoms with Crippen LogP contribution in [-0.4, -0.2) is 52.4 Å². The number of carbonyl (C=O) groups excluding carboxylic acids is 3. The minimum Gasteiger partial charge on any atom is -0.493 e. The average molecular weight is 354 g/mol. The summed E-state index contributed by atoms with van der Waals surface area (Å²) in [6, 6.07) is 2.54. The average Bonchev–Trinajstić information content (AvgIpc) is 2.60. The molecule has 0 aliphatic rings. The second-order valence-electron chi connectivity index (χ2n) is 4.91. The van der Waals surface area contributed by atoms with Gasteiger partial charge in [-0.25, -0.2) is 4.79 Å². The molecule has 1 aromatic rings. The van der Waals surface area contributed by atoms with Gasteiger partial charge < -0.3 is 24.3 Å². The molecule has 0 unspecified atom stereocenters. The SMILES string of the molecule is CNC(=O)NC(=O)[C@H](C)OC(=O)Cc1cc(OC)c(OC)c(OC)c1. The summed E-state index contributed by atoms with van der Waals surface area (Å²) in [6.07, 6.45) is -1.24. The summed E-state index contributed by atoms with van der Waals surface area (Å²) in [4.78, 5) is 34.8. The van der Waals surface area contributed by atoms with E-state index >= 15 is 0 Å². The predicted molar refractivity (Wildman–Crippen MR) is 88.0 cm³/mol. The van der Waals surface area contributed by atoms with Crippen LogP contribution in [0, 0.1) is 0 Å². The van der Waals surface area contributed by atoms with Crippen molar-refractivity contribution >= 4 is 17.9 Å². The second kappa shape index (κ2) is 9.36. The highest BCUT2D eigenvalue weighted by Crippen LogP contribution is 2.38. The van der Waals surface area contributed by atoms with Gasteiger partial charge in [-0.1, -0.05) is 0 Å². The molecule has 1 rings (SSSR count). The molecule has 1 atom stereocenters. The molecule has 9 nitrogen and oxygen atoms in total. The van der Waals surface area contributed by atoms with Crippen LogP contribution >= 0.6 is 0 Å². The van der Waals surface area contributed by atoms with Crippen molar-refractivity contribution in [3.05, 3.63) is 17.7 Å². The molecule has 3 amide bonds. The van der Waals surface area contributed by atoms with E-state index < -0.39 is 24.0 Å². The van der Waals surface area contributed by atoms with E-state index in [1.807, 2.05) is 5.32 Å². The molecule has 0 saturated heterocycles. The van der Waals surface area contributed by atoms with Gasteiger partial charge in [0, 0.05) is 7.05 Å². The quantitative estimate of drug-likeness (QED) is 0.691. The summed E-state index contributed by atoms with van der Waals surface area (Å²) in [5.41, 5.74) is 0.554. The lowest BCUT2D eigenvalue weighted by molar-refractivity contribution is -0.153. The van der Waals surface area contributed by atoms with Crippen molar-refractivity contribution in [1.82, 2.24) is 10.6 Å². The van der Waals surface area contributed by atoms with Crippen LogP contribution in [0.4, 0.5) is 4.79 Å². The summed E-state index contributed by atoms with van der Waals surface area (Å²) in [6.45, 7) is 1.37. The lowest BCUT2D eigenvalue weighted by Crippen LogP contribution is -2.43. The van der Waals surface area contributed by atoms with Crippen molar-refractivity contribution in [2.75, 3.05) is 28.4 Å². The molecule has 0 heterocycles. The largest absolute Gasteiger partial charge is 0.493 e. The van der Waals surface area contributed by atoms with E-state index in [0.717, 1.165) is 0 Å². The van der Waals surface area contributed by atoms with Crippen LogP contribution in [0.5, 0.6) is 17.2 Å². The molecule has 0 bridgehead atoms. The van der Waals surface area contributed by atoms with E-state index in [1.165, 1.54) is 35.3 Å². The van der Waals surface area contributed by atoms with E-state index in [0.29, 0.717) is 22.8 Å².